The molecule has 6 rings (SSSR count). The minimum Gasteiger partial charge on any atom is -0.394 e. The van der Waals surface area contributed by atoms with Crippen LogP contribution in [0.15, 0.2) is 82.6 Å². The van der Waals surface area contributed by atoms with Crippen LogP contribution >= 0.6 is 58.2 Å². The van der Waals surface area contributed by atoms with Crippen molar-refractivity contribution in [3.8, 4) is 22.3 Å². The van der Waals surface area contributed by atoms with Gasteiger partial charge in [0.15, 0.2) is 0 Å². The molecular formula is C52H62Cl4N4O6S. The molecule has 2 heterocycles. The van der Waals surface area contributed by atoms with Gasteiger partial charge in [-0.2, -0.15) is 0 Å². The second kappa shape index (κ2) is 26.0. The molecule has 0 unspecified atom stereocenters. The van der Waals surface area contributed by atoms with Crippen molar-refractivity contribution >= 4 is 82.1 Å². The molecule has 4 aromatic carbocycles. The van der Waals surface area contributed by atoms with E-state index in [9.17, 15) is 9.59 Å². The largest absolute Gasteiger partial charge is 0.394 e. The van der Waals surface area contributed by atoms with Crippen molar-refractivity contribution in [1.82, 2.24) is 19.6 Å². The molecule has 0 bridgehead atoms. The second-order valence-corrected chi connectivity index (χ2v) is 19.8. The lowest BCUT2D eigenvalue weighted by Gasteiger charge is -2.34. The normalized spacial score (nSPS) is 15.3. The zero-order valence-corrected chi connectivity index (χ0v) is 42.6. The average Bonchev–Trinajstić information content (AvgIpc) is 3.34. The Morgan fingerprint density at radius 1 is 0.567 bits per heavy atom. The third kappa shape index (κ3) is 13.9. The first-order valence-electron chi connectivity index (χ1n) is 23.0. The Labute approximate surface area is 420 Å². The van der Waals surface area contributed by atoms with Crippen LogP contribution in [0.2, 0.25) is 20.1 Å². The molecule has 2 aliphatic heterocycles. The Balaban J connectivity index is 1.34. The van der Waals surface area contributed by atoms with Gasteiger partial charge in [0.25, 0.3) is 0 Å². The number of carbonyl (C=O) groups excluding carboxylic acids is 2. The van der Waals surface area contributed by atoms with Crippen molar-refractivity contribution in [1.29, 1.82) is 0 Å². The van der Waals surface area contributed by atoms with Gasteiger partial charge in [-0.3, -0.25) is 19.4 Å². The number of aliphatic hydroxyl groups excluding tert-OH is 2. The van der Waals surface area contributed by atoms with Crippen molar-refractivity contribution in [3.05, 3.63) is 115 Å². The first kappa shape index (κ1) is 52.9. The standard InChI is InChI=1S/C52H62Cl4N4O6S/c1-35(2)37-9-5-7-11-39(37)43-33-45(51(55)49(53)41(43)13-15-47(63)59-21-17-57(18-22-59)25-29-65-31-27-61)67-46-34-44(40-12-8-6-10-38(40)36(3)4)42(50(54)52(46)56)14-16-48(64)60-23-19-58(20-24-60)26-30-66-32-28-62/h5-16,33-36,61-62H,17-32H2,1-4H3. The Kier molecular flexibility index (Phi) is 20.5. The van der Waals surface area contributed by atoms with Gasteiger partial charge < -0.3 is 29.5 Å². The summed E-state index contributed by atoms with van der Waals surface area (Å²) in [5, 5.41) is 19.2. The predicted molar refractivity (Wildman–Crippen MR) is 276 cm³/mol. The average molecular weight is 1010 g/mol. The summed E-state index contributed by atoms with van der Waals surface area (Å²) in [6, 6.07) is 20.4. The van der Waals surface area contributed by atoms with E-state index >= 15 is 0 Å². The van der Waals surface area contributed by atoms with Gasteiger partial charge >= 0.3 is 0 Å². The maximum atomic E-state index is 13.7. The van der Waals surface area contributed by atoms with Crippen molar-refractivity contribution < 1.29 is 29.3 Å². The fraction of sp³-hybridized carbons (Fsp3) is 0.423. The minimum absolute atomic E-state index is 0.00256. The molecule has 0 spiro atoms. The van der Waals surface area contributed by atoms with Crippen LogP contribution < -0.4 is 0 Å². The molecule has 2 N–H and O–H groups in total. The van der Waals surface area contributed by atoms with Crippen LogP contribution in [-0.2, 0) is 19.1 Å². The molecule has 0 aromatic heterocycles. The smallest absolute Gasteiger partial charge is 0.246 e. The number of hydrogen-bond donors (Lipinski definition) is 2. The van der Waals surface area contributed by atoms with Gasteiger partial charge in [0.05, 0.1) is 59.7 Å². The predicted octanol–water partition coefficient (Wildman–Crippen LogP) is 10.4. The number of rotatable bonds is 20. The lowest BCUT2D eigenvalue weighted by atomic mass is 9.90. The summed E-state index contributed by atoms with van der Waals surface area (Å²) in [5.74, 6) is 0.135. The van der Waals surface area contributed by atoms with E-state index in [0.717, 1.165) is 72.6 Å². The van der Waals surface area contributed by atoms with E-state index in [1.807, 2.05) is 46.2 Å². The Morgan fingerprint density at radius 2 is 0.940 bits per heavy atom. The number of benzene rings is 4. The molecule has 10 nitrogen and oxygen atoms in total. The number of hydrogen-bond acceptors (Lipinski definition) is 9. The quantitative estimate of drug-likeness (QED) is 0.0661. The highest BCUT2D eigenvalue weighted by Crippen LogP contribution is 2.50. The van der Waals surface area contributed by atoms with Crippen molar-refractivity contribution in [2.24, 2.45) is 0 Å². The van der Waals surface area contributed by atoms with Crippen LogP contribution in [-0.4, -0.2) is 147 Å². The van der Waals surface area contributed by atoms with E-state index < -0.39 is 0 Å². The number of nitrogens with zero attached hydrogens (tertiary/aromatic N) is 4. The van der Waals surface area contributed by atoms with Crippen LogP contribution in [0.5, 0.6) is 0 Å². The van der Waals surface area contributed by atoms with Crippen molar-refractivity contribution in [2.45, 2.75) is 49.3 Å². The number of amides is 2. The summed E-state index contributed by atoms with van der Waals surface area (Å²) >= 11 is 30.4. The summed E-state index contributed by atoms with van der Waals surface area (Å²) in [5.41, 5.74) is 7.06. The Hall–Kier alpha value is -3.43. The molecule has 2 amide bonds. The van der Waals surface area contributed by atoms with E-state index in [0.29, 0.717) is 93.6 Å². The molecule has 2 saturated heterocycles. The summed E-state index contributed by atoms with van der Waals surface area (Å²) in [6.45, 7) is 17.0. The molecule has 67 heavy (non-hydrogen) atoms. The first-order valence-corrected chi connectivity index (χ1v) is 25.3. The lowest BCUT2D eigenvalue weighted by Crippen LogP contribution is -2.49. The van der Waals surface area contributed by atoms with Gasteiger partial charge in [-0.05, 0) is 69.5 Å². The Bertz CT molecular complexity index is 2220. The van der Waals surface area contributed by atoms with Gasteiger partial charge in [0.2, 0.25) is 11.8 Å². The summed E-state index contributed by atoms with van der Waals surface area (Å²) < 4.78 is 10.9. The summed E-state index contributed by atoms with van der Waals surface area (Å²) in [7, 11) is 0. The molecule has 2 fully saturated rings. The number of carbonyl (C=O) groups is 2. The van der Waals surface area contributed by atoms with Crippen molar-refractivity contribution in [3.63, 3.8) is 0 Å². The van der Waals surface area contributed by atoms with E-state index in [4.69, 9.17) is 66.1 Å². The molecule has 15 heteroatoms. The van der Waals surface area contributed by atoms with Gasteiger partial charge in [0, 0.05) is 98.5 Å². The van der Waals surface area contributed by atoms with Gasteiger partial charge in [-0.25, -0.2) is 0 Å². The lowest BCUT2D eigenvalue weighted by molar-refractivity contribution is -0.128. The van der Waals surface area contributed by atoms with Gasteiger partial charge in [0.1, 0.15) is 0 Å². The zero-order chi connectivity index (χ0) is 48.0. The Morgan fingerprint density at radius 3 is 1.30 bits per heavy atom. The summed E-state index contributed by atoms with van der Waals surface area (Å²) in [4.78, 5) is 36.8. The molecule has 2 aliphatic rings. The number of ether oxygens (including phenoxy) is 2. The van der Waals surface area contributed by atoms with E-state index in [-0.39, 0.29) is 36.9 Å². The van der Waals surface area contributed by atoms with Crippen LogP contribution in [0, 0.1) is 0 Å². The van der Waals surface area contributed by atoms with Gasteiger partial charge in [-0.1, -0.05) is 134 Å². The third-order valence-electron chi connectivity index (χ3n) is 12.1. The van der Waals surface area contributed by atoms with Crippen LogP contribution in [0.25, 0.3) is 34.4 Å². The fourth-order valence-electron chi connectivity index (χ4n) is 8.39. The number of aliphatic hydroxyl groups is 2. The van der Waals surface area contributed by atoms with E-state index in [1.54, 1.807) is 24.3 Å². The highest BCUT2D eigenvalue weighted by Gasteiger charge is 2.25. The van der Waals surface area contributed by atoms with Crippen LogP contribution in [0.3, 0.4) is 0 Å². The van der Waals surface area contributed by atoms with Crippen LogP contribution in [0.4, 0.5) is 0 Å². The van der Waals surface area contributed by atoms with Crippen molar-refractivity contribution in [2.75, 3.05) is 105 Å². The maximum Gasteiger partial charge on any atom is 0.246 e. The summed E-state index contributed by atoms with van der Waals surface area (Å²) in [6.07, 6.45) is 6.71. The molecule has 4 aromatic rings. The molecular weight excluding hydrogens is 950 g/mol. The molecule has 0 aliphatic carbocycles. The van der Waals surface area contributed by atoms with Gasteiger partial charge in [-0.15, -0.1) is 0 Å². The third-order valence-corrected chi connectivity index (χ3v) is 15.2. The highest BCUT2D eigenvalue weighted by atomic mass is 35.5. The molecule has 0 atom stereocenters. The first-order chi connectivity index (χ1) is 32.3. The molecule has 360 valence electrons. The minimum atomic E-state index is -0.115. The molecule has 0 saturated carbocycles. The monoisotopic (exact) mass is 1010 g/mol. The number of piperazine rings is 2. The second-order valence-electron chi connectivity index (χ2n) is 17.2. The topological polar surface area (TPSA) is 106 Å². The van der Waals surface area contributed by atoms with E-state index in [1.165, 1.54) is 11.8 Å². The fourth-order valence-corrected chi connectivity index (χ4v) is 10.6. The maximum absolute atomic E-state index is 13.7. The van der Waals surface area contributed by atoms with Crippen LogP contribution in [0.1, 0.15) is 61.8 Å². The highest BCUT2D eigenvalue weighted by molar-refractivity contribution is 7.99. The molecule has 0 radical (unpaired) electrons. The van der Waals surface area contributed by atoms with E-state index in [2.05, 4.69) is 61.8 Å². The zero-order valence-electron chi connectivity index (χ0n) is 38.8. The SMILES string of the molecule is CC(C)c1ccccc1-c1cc(Sc2cc(-c3ccccc3C(C)C)c(C=CC(=O)N3CCN(CCOCCO)CC3)c(Cl)c2Cl)c(Cl)c(Cl)c1C=CC(=O)N1CCN(CCOCCO)CC1. The number of halogens is 4.